The summed E-state index contributed by atoms with van der Waals surface area (Å²) in [6.45, 7) is 1.92. The highest BCUT2D eigenvalue weighted by atomic mass is 19.1. The van der Waals surface area contributed by atoms with E-state index in [1.54, 1.807) is 0 Å². The van der Waals surface area contributed by atoms with Gasteiger partial charge in [0.05, 0.1) is 6.04 Å². The zero-order valence-corrected chi connectivity index (χ0v) is 5.47. The lowest BCUT2D eigenvalue weighted by Gasteiger charge is -1.98. The van der Waals surface area contributed by atoms with E-state index in [0.29, 0.717) is 0 Å². The first-order valence-corrected chi connectivity index (χ1v) is 3.19. The highest BCUT2D eigenvalue weighted by Crippen LogP contribution is 2.07. The molecule has 0 aliphatic carbocycles. The van der Waals surface area contributed by atoms with E-state index in [-0.39, 0.29) is 12.0 Å². The van der Waals surface area contributed by atoms with Crippen molar-refractivity contribution in [2.24, 2.45) is 4.99 Å². The molecule has 0 aromatic heterocycles. The van der Waals surface area contributed by atoms with Crippen molar-refractivity contribution in [1.29, 1.82) is 0 Å². The fraction of sp³-hybridized carbons (Fsp3) is 0.571. The first kappa shape index (κ1) is 6.46. The van der Waals surface area contributed by atoms with Crippen LogP contribution in [0.2, 0.25) is 0 Å². The summed E-state index contributed by atoms with van der Waals surface area (Å²) in [6, 6.07) is 0.153. The molecule has 50 valence electrons. The van der Waals surface area contributed by atoms with Gasteiger partial charge in [-0.25, -0.2) is 0 Å². The van der Waals surface area contributed by atoms with Gasteiger partial charge in [0.25, 0.3) is 0 Å². The smallest absolute Gasteiger partial charge is 0.208 e. The van der Waals surface area contributed by atoms with Crippen LogP contribution in [-0.2, 0) is 0 Å². The summed E-state index contributed by atoms with van der Waals surface area (Å²) in [5, 5.41) is 0. The van der Waals surface area contributed by atoms with Crippen LogP contribution in [-0.4, -0.2) is 12.0 Å². The van der Waals surface area contributed by atoms with Gasteiger partial charge in [0.1, 0.15) is 0 Å². The Labute approximate surface area is 54.3 Å². The van der Waals surface area contributed by atoms with E-state index in [1.165, 1.54) is 6.08 Å². The minimum absolute atomic E-state index is 0.153. The van der Waals surface area contributed by atoms with E-state index in [2.05, 4.69) is 4.99 Å². The average Bonchev–Trinajstić information content (AvgIpc) is 1.93. The average molecular weight is 127 g/mol. The molecule has 0 N–H and O–H groups in total. The lowest BCUT2D eigenvalue weighted by Crippen LogP contribution is -1.96. The Morgan fingerprint density at radius 3 is 3.33 bits per heavy atom. The van der Waals surface area contributed by atoms with Gasteiger partial charge in [-0.2, -0.15) is 4.39 Å². The van der Waals surface area contributed by atoms with Crippen LogP contribution in [0.5, 0.6) is 0 Å². The molecular weight excluding hydrogens is 117 g/mol. The summed E-state index contributed by atoms with van der Waals surface area (Å²) >= 11 is 0. The van der Waals surface area contributed by atoms with Gasteiger partial charge >= 0.3 is 0 Å². The predicted molar refractivity (Wildman–Crippen MR) is 36.4 cm³/mol. The lowest BCUT2D eigenvalue weighted by molar-refractivity contribution is 0.668. The van der Waals surface area contributed by atoms with Crippen LogP contribution in [0, 0.1) is 0 Å². The Balaban J connectivity index is 2.62. The second kappa shape index (κ2) is 2.76. The summed E-state index contributed by atoms with van der Waals surface area (Å²) in [5.41, 5.74) is 0. The van der Waals surface area contributed by atoms with Crippen molar-refractivity contribution in [3.8, 4) is 0 Å². The van der Waals surface area contributed by atoms with E-state index >= 15 is 0 Å². The molecule has 1 unspecified atom stereocenters. The van der Waals surface area contributed by atoms with Crippen molar-refractivity contribution >= 4 is 5.97 Å². The van der Waals surface area contributed by atoms with Gasteiger partial charge in [-0.1, -0.05) is 6.08 Å². The minimum Gasteiger partial charge on any atom is -0.255 e. The largest absolute Gasteiger partial charge is 0.255 e. The molecule has 0 aromatic rings. The lowest BCUT2D eigenvalue weighted by atomic mass is 10.2. The van der Waals surface area contributed by atoms with Crippen LogP contribution in [0.25, 0.3) is 0 Å². The maximum Gasteiger partial charge on any atom is 0.208 e. The number of hydrogen-bond acceptors (Lipinski definition) is 1. The van der Waals surface area contributed by atoms with Crippen molar-refractivity contribution in [1.82, 2.24) is 0 Å². The number of halogens is 1. The fourth-order valence-electron chi connectivity index (χ4n) is 0.836. The standard InChI is InChI=1S/C7H10FN/c1-6-4-2-3-5-7(8)9-6/h3,5-6H,2,4H2,1H3. The van der Waals surface area contributed by atoms with E-state index in [0.717, 1.165) is 12.8 Å². The first-order valence-electron chi connectivity index (χ1n) is 3.19. The molecule has 1 aliphatic rings. The SMILES string of the molecule is CC1CCC=CC(F)=N1. The second-order valence-corrected chi connectivity index (χ2v) is 2.28. The summed E-state index contributed by atoms with van der Waals surface area (Å²) in [7, 11) is 0. The number of allylic oxidation sites excluding steroid dienone is 2. The molecular formula is C7H10FN. The fourth-order valence-corrected chi connectivity index (χ4v) is 0.836. The van der Waals surface area contributed by atoms with Crippen LogP contribution >= 0.6 is 0 Å². The van der Waals surface area contributed by atoms with Gasteiger partial charge in [0.2, 0.25) is 5.97 Å². The molecule has 0 spiro atoms. The molecule has 1 nitrogen and oxygen atoms in total. The first-order chi connectivity index (χ1) is 4.29. The third-order valence-electron chi connectivity index (χ3n) is 1.35. The molecule has 0 fully saturated rings. The third-order valence-corrected chi connectivity index (χ3v) is 1.35. The Kier molecular flexibility index (Phi) is 1.98. The minimum atomic E-state index is -0.333. The summed E-state index contributed by atoms with van der Waals surface area (Å²) < 4.78 is 12.4. The van der Waals surface area contributed by atoms with E-state index < -0.39 is 0 Å². The third kappa shape index (κ3) is 1.96. The van der Waals surface area contributed by atoms with E-state index in [1.807, 2.05) is 13.0 Å². The van der Waals surface area contributed by atoms with Crippen LogP contribution in [0.15, 0.2) is 17.1 Å². The van der Waals surface area contributed by atoms with Gasteiger partial charge in [0, 0.05) is 0 Å². The number of rotatable bonds is 0. The maximum absolute atomic E-state index is 12.4. The maximum atomic E-state index is 12.4. The van der Waals surface area contributed by atoms with Crippen molar-refractivity contribution in [3.05, 3.63) is 12.2 Å². The van der Waals surface area contributed by atoms with Gasteiger partial charge < -0.3 is 0 Å². The molecule has 9 heavy (non-hydrogen) atoms. The molecule has 1 heterocycles. The van der Waals surface area contributed by atoms with Gasteiger partial charge in [-0.05, 0) is 25.8 Å². The van der Waals surface area contributed by atoms with Gasteiger partial charge in [0.15, 0.2) is 0 Å². The van der Waals surface area contributed by atoms with Gasteiger partial charge in [-0.3, -0.25) is 4.99 Å². The topological polar surface area (TPSA) is 12.4 Å². The van der Waals surface area contributed by atoms with Crippen LogP contribution < -0.4 is 0 Å². The van der Waals surface area contributed by atoms with Crippen molar-refractivity contribution in [3.63, 3.8) is 0 Å². The molecule has 2 heteroatoms. The number of nitrogens with zero attached hydrogens (tertiary/aromatic N) is 1. The molecule has 1 atom stereocenters. The zero-order chi connectivity index (χ0) is 6.69. The molecule has 0 aromatic carbocycles. The van der Waals surface area contributed by atoms with Crippen LogP contribution in [0.1, 0.15) is 19.8 Å². The number of hydrogen-bond donors (Lipinski definition) is 0. The molecule has 0 amide bonds. The summed E-state index contributed by atoms with van der Waals surface area (Å²) in [6.07, 6.45) is 5.16. The van der Waals surface area contributed by atoms with Crippen LogP contribution in [0.4, 0.5) is 4.39 Å². The van der Waals surface area contributed by atoms with Gasteiger partial charge in [-0.15, -0.1) is 0 Å². The van der Waals surface area contributed by atoms with Crippen LogP contribution in [0.3, 0.4) is 0 Å². The zero-order valence-electron chi connectivity index (χ0n) is 5.47. The molecule has 0 saturated heterocycles. The number of aliphatic imine (C=N–C) groups is 1. The van der Waals surface area contributed by atoms with Crippen molar-refractivity contribution < 1.29 is 4.39 Å². The quantitative estimate of drug-likeness (QED) is 0.472. The molecule has 1 rings (SSSR count). The Morgan fingerprint density at radius 1 is 1.78 bits per heavy atom. The van der Waals surface area contributed by atoms with Crippen molar-refractivity contribution in [2.45, 2.75) is 25.8 Å². The molecule has 1 aliphatic heterocycles. The Hall–Kier alpha value is -0.660. The Morgan fingerprint density at radius 2 is 2.56 bits per heavy atom. The highest BCUT2D eigenvalue weighted by molar-refractivity contribution is 5.86. The normalized spacial score (nSPS) is 27.3. The summed E-state index contributed by atoms with van der Waals surface area (Å²) in [4.78, 5) is 3.74. The van der Waals surface area contributed by atoms with Crippen molar-refractivity contribution in [2.75, 3.05) is 0 Å². The summed E-state index contributed by atoms with van der Waals surface area (Å²) in [5.74, 6) is -0.333. The highest BCUT2D eigenvalue weighted by Gasteiger charge is 2.02. The monoisotopic (exact) mass is 127 g/mol. The van der Waals surface area contributed by atoms with E-state index in [9.17, 15) is 4.39 Å². The predicted octanol–water partition coefficient (Wildman–Crippen LogP) is 2.09. The second-order valence-electron chi connectivity index (χ2n) is 2.28. The van der Waals surface area contributed by atoms with E-state index in [4.69, 9.17) is 0 Å². The molecule has 0 saturated carbocycles. The molecule has 0 bridgehead atoms. The Bertz CT molecular complexity index is 149. The molecule has 0 radical (unpaired) electrons.